The molecule has 5 N–H and O–H groups in total. The van der Waals surface area contributed by atoms with Crippen molar-refractivity contribution in [1.29, 1.82) is 0 Å². The summed E-state index contributed by atoms with van der Waals surface area (Å²) in [7, 11) is -0.0703. The number of nitrogens with two attached hydrogens (primary N) is 1. The van der Waals surface area contributed by atoms with Gasteiger partial charge >= 0.3 is 6.03 Å². The molecule has 3 aromatic carbocycles. The molecule has 0 spiro atoms. The van der Waals surface area contributed by atoms with E-state index in [1.165, 1.54) is 0 Å². The van der Waals surface area contributed by atoms with E-state index in [4.69, 9.17) is 19.6 Å². The fourth-order valence-electron chi connectivity index (χ4n) is 5.78. The zero-order valence-corrected chi connectivity index (χ0v) is 32.9. The van der Waals surface area contributed by atoms with Crippen LogP contribution < -0.4 is 26.7 Å². The summed E-state index contributed by atoms with van der Waals surface area (Å²) in [4.78, 5) is 28.8. The van der Waals surface area contributed by atoms with E-state index >= 15 is 0 Å². The van der Waals surface area contributed by atoms with Gasteiger partial charge in [0.2, 0.25) is 5.56 Å². The van der Waals surface area contributed by atoms with Gasteiger partial charge in [-0.1, -0.05) is 82.1 Å². The molecule has 4 aromatic rings. The number of amides is 2. The van der Waals surface area contributed by atoms with Crippen molar-refractivity contribution in [2.75, 3.05) is 45.2 Å². The molecule has 0 fully saturated rings. The lowest BCUT2D eigenvalue weighted by atomic mass is 10.0. The third kappa shape index (κ3) is 12.9. The number of nitrogens with zero attached hydrogens (tertiary/aromatic N) is 1. The number of unbranched alkanes of at least 4 members (excludes halogenated alkanes) is 3. The van der Waals surface area contributed by atoms with Gasteiger partial charge in [-0.2, -0.15) is 0 Å². The van der Waals surface area contributed by atoms with E-state index in [0.29, 0.717) is 36.7 Å². The number of anilines is 1. The number of pyridine rings is 1. The number of ether oxygens (including phenoxy) is 2. The van der Waals surface area contributed by atoms with Crippen LogP contribution in [0.1, 0.15) is 69.2 Å². The summed E-state index contributed by atoms with van der Waals surface area (Å²) in [6, 6.07) is 24.7. The van der Waals surface area contributed by atoms with Crippen LogP contribution in [0.3, 0.4) is 0 Å². The van der Waals surface area contributed by atoms with E-state index in [9.17, 15) is 9.59 Å². The topological polar surface area (TPSA) is 131 Å². The van der Waals surface area contributed by atoms with Crippen LogP contribution in [0.4, 0.5) is 10.5 Å². The number of hydrogen-bond acceptors (Lipinski definition) is 7. The number of H-pyrrole nitrogens is 1. The monoisotopic (exact) mass is 729 g/mol. The largest absolute Gasteiger partial charge is 0.487 e. The minimum Gasteiger partial charge on any atom is -0.487 e. The van der Waals surface area contributed by atoms with E-state index in [1.807, 2.05) is 66.7 Å². The summed E-state index contributed by atoms with van der Waals surface area (Å²) in [6.45, 7) is 16.3. The van der Waals surface area contributed by atoms with Gasteiger partial charge in [0.1, 0.15) is 12.4 Å². The number of likely N-dealkylation sites (N-methyl/N-ethyl adjacent to an activating group) is 1. The molecule has 11 heteroatoms. The molecule has 1 unspecified atom stereocenters. The van der Waals surface area contributed by atoms with Gasteiger partial charge in [-0.3, -0.25) is 9.69 Å². The second-order valence-corrected chi connectivity index (χ2v) is 19.8. The molecule has 10 nitrogen and oxygen atoms in total. The van der Waals surface area contributed by atoms with Crippen molar-refractivity contribution in [2.24, 2.45) is 5.73 Å². The van der Waals surface area contributed by atoms with Gasteiger partial charge in [-0.05, 0) is 85.5 Å². The van der Waals surface area contributed by atoms with E-state index in [1.54, 1.807) is 6.07 Å². The molecule has 0 bridgehead atoms. The molecule has 282 valence electrons. The number of carbonyl (C=O) groups is 1. The third-order valence-corrected chi connectivity index (χ3v) is 14.2. The minimum absolute atomic E-state index is 0.0440. The number of aromatic amines is 1. The zero-order valence-electron chi connectivity index (χ0n) is 31.9. The van der Waals surface area contributed by atoms with Crippen LogP contribution in [0.5, 0.6) is 5.75 Å². The molecule has 0 aliphatic carbocycles. The summed E-state index contributed by atoms with van der Waals surface area (Å²) >= 11 is 0. The highest BCUT2D eigenvalue weighted by molar-refractivity contribution is 6.74. The van der Waals surface area contributed by atoms with Gasteiger partial charge in [0.05, 0.1) is 18.2 Å². The minimum atomic E-state index is -2.13. The number of fused-ring (bicyclic) bond motifs is 1. The van der Waals surface area contributed by atoms with Crippen LogP contribution >= 0.6 is 0 Å². The Kier molecular flexibility index (Phi) is 15.5. The van der Waals surface area contributed by atoms with E-state index in [2.05, 4.69) is 67.5 Å². The Labute approximate surface area is 310 Å². The van der Waals surface area contributed by atoms with Crippen molar-refractivity contribution in [3.8, 4) is 5.75 Å². The Hall–Kier alpha value is -4.00. The fourth-order valence-corrected chi connectivity index (χ4v) is 7.05. The Morgan fingerprint density at radius 3 is 2.42 bits per heavy atom. The van der Waals surface area contributed by atoms with Crippen molar-refractivity contribution in [1.82, 2.24) is 15.2 Å². The Bertz CT molecular complexity index is 1760. The summed E-state index contributed by atoms with van der Waals surface area (Å²) in [5.74, 6) is 0.650. The van der Waals surface area contributed by atoms with E-state index < -0.39 is 14.3 Å². The lowest BCUT2D eigenvalue weighted by molar-refractivity contribution is 0.106. The highest BCUT2D eigenvalue weighted by atomic mass is 28.4. The second kappa shape index (κ2) is 19.7. The van der Waals surface area contributed by atoms with Crippen molar-refractivity contribution in [3.63, 3.8) is 0 Å². The van der Waals surface area contributed by atoms with Gasteiger partial charge < -0.3 is 35.3 Å². The average Bonchev–Trinajstić information content (AvgIpc) is 3.08. The van der Waals surface area contributed by atoms with E-state index in [0.717, 1.165) is 74.0 Å². The molecule has 0 aliphatic heterocycles. The van der Waals surface area contributed by atoms with Crippen LogP contribution in [-0.2, 0) is 22.3 Å². The first-order valence-corrected chi connectivity index (χ1v) is 21.4. The number of urea groups is 1. The first-order valence-electron chi connectivity index (χ1n) is 18.5. The maximum absolute atomic E-state index is 12.5. The average molecular weight is 730 g/mol. The van der Waals surface area contributed by atoms with Crippen LogP contribution in [0.2, 0.25) is 18.1 Å². The highest BCUT2D eigenvalue weighted by Gasteiger charge is 2.39. The van der Waals surface area contributed by atoms with Crippen LogP contribution in [0.15, 0.2) is 83.7 Å². The zero-order chi connectivity index (χ0) is 37.6. The molecule has 1 aromatic heterocycles. The third-order valence-electron chi connectivity index (χ3n) is 9.70. The fraction of sp³-hybridized carbons (Fsp3) is 0.463. The highest BCUT2D eigenvalue weighted by Crippen LogP contribution is 2.41. The number of rotatable bonds is 21. The first kappa shape index (κ1) is 40.8. The standard InChI is InChI=1S/C41H59N5O5Si/c1-41(2,3)52(5,6)51-37(34-19-21-36(39-35(34)20-22-38(47)45-39)50-30-31-15-10-9-11-16-31)28-43-23-12-7-8-13-25-49-26-24-46(4)29-32-17-14-18-33(27-32)44-40(42)48/h9-11,14-22,27,37,43H,7-8,12-13,23-26,28-30H2,1-6H3,(H,45,47)(H3,42,44,48). The second-order valence-electron chi connectivity index (χ2n) is 15.1. The van der Waals surface area contributed by atoms with Gasteiger partial charge in [0.25, 0.3) is 0 Å². The molecule has 0 aliphatic rings. The van der Waals surface area contributed by atoms with Crippen molar-refractivity contribution < 1.29 is 18.7 Å². The summed E-state index contributed by atoms with van der Waals surface area (Å²) in [6.07, 6.45) is 4.16. The normalized spacial score (nSPS) is 12.7. The molecule has 1 heterocycles. The molecule has 2 amide bonds. The van der Waals surface area contributed by atoms with Crippen LogP contribution in [0, 0.1) is 0 Å². The maximum atomic E-state index is 12.5. The van der Waals surface area contributed by atoms with Crippen molar-refractivity contribution >= 4 is 30.9 Å². The van der Waals surface area contributed by atoms with Gasteiger partial charge in [-0.15, -0.1) is 0 Å². The summed E-state index contributed by atoms with van der Waals surface area (Å²) in [5.41, 5.74) is 9.68. The summed E-state index contributed by atoms with van der Waals surface area (Å²) in [5, 5.41) is 7.29. The summed E-state index contributed by atoms with van der Waals surface area (Å²) < 4.78 is 19.2. The molecule has 4 rings (SSSR count). The number of benzene rings is 3. The molecule has 0 saturated heterocycles. The van der Waals surface area contributed by atoms with E-state index in [-0.39, 0.29) is 16.7 Å². The smallest absolute Gasteiger partial charge is 0.316 e. The quantitative estimate of drug-likeness (QED) is 0.0506. The van der Waals surface area contributed by atoms with Crippen molar-refractivity contribution in [2.45, 2.75) is 83.8 Å². The predicted molar refractivity (Wildman–Crippen MR) is 215 cm³/mol. The molecule has 52 heavy (non-hydrogen) atoms. The van der Waals surface area contributed by atoms with Crippen LogP contribution in [-0.4, -0.2) is 64.1 Å². The molecule has 0 saturated carbocycles. The van der Waals surface area contributed by atoms with Gasteiger partial charge in [-0.25, -0.2) is 4.79 Å². The molecular formula is C41H59N5O5Si. The number of aromatic nitrogens is 1. The number of carbonyl (C=O) groups excluding carboxylic acids is 1. The van der Waals surface area contributed by atoms with Crippen LogP contribution in [0.25, 0.3) is 10.9 Å². The molecular weight excluding hydrogens is 671 g/mol. The molecule has 1 atom stereocenters. The van der Waals surface area contributed by atoms with Gasteiger partial charge in [0.15, 0.2) is 8.32 Å². The predicted octanol–water partition coefficient (Wildman–Crippen LogP) is 7.96. The Morgan fingerprint density at radius 2 is 1.67 bits per heavy atom. The molecule has 0 radical (unpaired) electrons. The van der Waals surface area contributed by atoms with Gasteiger partial charge in [0, 0.05) is 43.4 Å². The van der Waals surface area contributed by atoms with Crippen molar-refractivity contribution in [3.05, 3.63) is 106 Å². The lowest BCUT2D eigenvalue weighted by Gasteiger charge is -2.39. The lowest BCUT2D eigenvalue weighted by Crippen LogP contribution is -2.43. The number of primary amides is 1. The Morgan fingerprint density at radius 1 is 0.923 bits per heavy atom. The SMILES string of the molecule is CN(CCOCCCCCCNCC(O[Si](C)(C)C(C)(C)C)c1ccc(OCc2ccccc2)c2[nH]c(=O)ccc12)Cc1cccc(NC(N)=O)c1. The number of nitrogens with one attached hydrogen (secondary N) is 3. The Balaban J connectivity index is 1.24. The number of hydrogen-bond donors (Lipinski definition) is 4. The maximum Gasteiger partial charge on any atom is 0.316 e. The first-order chi connectivity index (χ1) is 24.8.